The minimum absolute atomic E-state index is 0.0115. The molecule has 0 radical (unpaired) electrons. The zero-order valence-corrected chi connectivity index (χ0v) is 43.9. The van der Waals surface area contributed by atoms with E-state index in [0.717, 1.165) is 4.90 Å². The molecule has 26 heteroatoms. The lowest BCUT2D eigenvalue weighted by molar-refractivity contribution is -0.157. The monoisotopic (exact) mass is 1120 g/mol. The van der Waals surface area contributed by atoms with Crippen LogP contribution in [0.15, 0.2) is 61.9 Å². The fourth-order valence-corrected chi connectivity index (χ4v) is 12.7. The van der Waals surface area contributed by atoms with Crippen molar-refractivity contribution in [2.24, 2.45) is 23.7 Å². The molecule has 0 N–H and O–H groups in total. The van der Waals surface area contributed by atoms with E-state index >= 15 is 0 Å². The molecule has 0 saturated carbocycles. The van der Waals surface area contributed by atoms with Crippen molar-refractivity contribution in [1.29, 1.82) is 5.26 Å². The van der Waals surface area contributed by atoms with E-state index in [-0.39, 0.29) is 83.7 Å². The molecule has 10 atom stereocenters. The molecule has 68 heavy (non-hydrogen) atoms. The smallest absolute Gasteiger partial charge is 0.302 e. The predicted molar refractivity (Wildman–Crippen MR) is 261 cm³/mol. The van der Waals surface area contributed by atoms with Gasteiger partial charge in [0.15, 0.2) is 5.69 Å². The van der Waals surface area contributed by atoms with Crippen LogP contribution in [-0.2, 0) is 28.5 Å². The first kappa shape index (κ1) is 51.6. The van der Waals surface area contributed by atoms with Crippen molar-refractivity contribution >= 4 is 115 Å². The molecule has 6 aromatic heterocycles. The van der Waals surface area contributed by atoms with Gasteiger partial charge < -0.3 is 23.8 Å². The van der Waals surface area contributed by atoms with Crippen molar-refractivity contribution < 1.29 is 28.5 Å². The lowest BCUT2D eigenvalue weighted by Gasteiger charge is -2.44. The number of carbonyl (C=O) groups is 2. The molecular weight excluding hydrogens is 1080 g/mol. The van der Waals surface area contributed by atoms with Gasteiger partial charge in [-0.05, 0) is 28.1 Å². The second-order valence-corrected chi connectivity index (χ2v) is 21.8. The summed E-state index contributed by atoms with van der Waals surface area (Å²) in [6.07, 6.45) is 6.06. The van der Waals surface area contributed by atoms with E-state index in [1.807, 2.05) is 40.8 Å². The van der Waals surface area contributed by atoms with Gasteiger partial charge in [0, 0.05) is 64.3 Å². The maximum atomic E-state index is 11.5. The molecule has 8 rings (SSSR count). The summed E-state index contributed by atoms with van der Waals surface area (Å²) in [5, 5.41) is 32.6. The lowest BCUT2D eigenvalue weighted by atomic mass is 9.84. The highest BCUT2D eigenvalue weighted by atomic mass is 79.9. The zero-order chi connectivity index (χ0) is 48.8. The number of thioether (sulfide) groups is 2. The molecule has 6 aromatic rings. The molecule has 4 unspecified atom stereocenters. The first-order chi connectivity index (χ1) is 32.5. The molecule has 356 valence electrons. The van der Waals surface area contributed by atoms with Gasteiger partial charge in [0.1, 0.15) is 68.1 Å². The van der Waals surface area contributed by atoms with Crippen LogP contribution in [0.4, 0.5) is 5.82 Å². The van der Waals surface area contributed by atoms with Gasteiger partial charge in [-0.15, -0.1) is 49.6 Å². The summed E-state index contributed by atoms with van der Waals surface area (Å²) >= 11 is 27.1. The fraction of sp³-hybridized carbons (Fsp3) is 0.429. The van der Waals surface area contributed by atoms with Crippen molar-refractivity contribution in [3.63, 3.8) is 0 Å². The lowest BCUT2D eigenvalue weighted by Crippen LogP contribution is -2.47. The molecule has 2 aliphatic rings. The van der Waals surface area contributed by atoms with Gasteiger partial charge in [-0.3, -0.25) is 9.59 Å². The van der Waals surface area contributed by atoms with Crippen molar-refractivity contribution in [2.75, 3.05) is 13.2 Å². The summed E-state index contributed by atoms with van der Waals surface area (Å²) in [5.41, 5.74) is 0.912. The Morgan fingerprint density at radius 3 is 1.78 bits per heavy atom. The Hall–Kier alpha value is -4.27. The van der Waals surface area contributed by atoms with Crippen LogP contribution < -0.4 is 0 Å². The fourth-order valence-electron chi connectivity index (χ4n) is 7.77. The molecule has 0 aliphatic carbocycles. The van der Waals surface area contributed by atoms with E-state index in [9.17, 15) is 9.59 Å². The van der Waals surface area contributed by atoms with Crippen LogP contribution >= 0.6 is 96.9 Å². The maximum absolute atomic E-state index is 11.5. The molecule has 2 aliphatic heterocycles. The van der Waals surface area contributed by atoms with Crippen molar-refractivity contribution in [3.8, 4) is 27.5 Å². The van der Waals surface area contributed by atoms with Gasteiger partial charge in [0.05, 0.1) is 46.2 Å². The van der Waals surface area contributed by atoms with Crippen LogP contribution in [-0.4, -0.2) is 98.2 Å². The largest absolute Gasteiger partial charge is 0.463 e. The first-order valence-corrected chi connectivity index (χ1v) is 26.0. The molecule has 2 fully saturated rings. The van der Waals surface area contributed by atoms with Crippen LogP contribution in [0.5, 0.6) is 0 Å². The molecule has 0 bridgehead atoms. The van der Waals surface area contributed by atoms with Gasteiger partial charge in [-0.1, -0.05) is 91.3 Å². The number of hydrogen-bond donors (Lipinski definition) is 0. The summed E-state index contributed by atoms with van der Waals surface area (Å²) in [6.45, 7) is 18.6. The van der Waals surface area contributed by atoms with Crippen molar-refractivity contribution in [2.45, 2.75) is 86.5 Å². The normalized spacial score (nSPS) is 24.5. The van der Waals surface area contributed by atoms with E-state index in [2.05, 4.69) is 82.1 Å². The Bertz CT molecular complexity index is 2840. The van der Waals surface area contributed by atoms with Gasteiger partial charge >= 0.3 is 11.9 Å². The van der Waals surface area contributed by atoms with Gasteiger partial charge in [0.25, 0.3) is 5.82 Å². The molecule has 0 spiro atoms. The van der Waals surface area contributed by atoms with E-state index in [0.29, 0.717) is 51.8 Å². The number of nitriles is 1. The summed E-state index contributed by atoms with van der Waals surface area (Å²) in [5.74, 6) is -0.615. The number of ether oxygens (including phenoxy) is 4. The predicted octanol–water partition coefficient (Wildman–Crippen LogP) is 10.5. The number of pyridine rings is 2. The summed E-state index contributed by atoms with van der Waals surface area (Å²) in [6, 6.07) is 5.38. The average Bonchev–Trinajstić information content (AvgIpc) is 4.14. The molecule has 0 amide bonds. The minimum Gasteiger partial charge on any atom is -0.463 e. The standard InChI is InChI=1S/C21H20BrClN6O3S2.C21H20Cl2N6O3S2/c1-10-17(8-31-12(3)30)32-21(34-13-4-14(22)15(5-24)25-6-13)11(2)19(10)29-7-16(27-28-29)20-26-18(23)9-33-20;1-10-15(8-31-12(3)30)32-21(34-16-5-13(22)6-25-19(16)24-4)11(2)18(10)29-7-14(27-28-29)20-26-17(23)9-33-20/h4,6-7,9-11,17,19,21H,8H2,1-3H3;5-7,9-11,15,18,21H,8H2,1-3H3/t10-,11?,17?,19-,21+;10-,11?,15?,18-,21+/m00/s1. The van der Waals surface area contributed by atoms with Crippen molar-refractivity contribution in [1.82, 2.24) is 49.9 Å². The number of hydrogen-bond acceptors (Lipinski definition) is 19. The van der Waals surface area contributed by atoms with Crippen LogP contribution in [0.1, 0.15) is 59.3 Å². The molecule has 8 heterocycles. The minimum atomic E-state index is -0.395. The third-order valence-corrected chi connectivity index (χ3v) is 16.8. The number of nitrogens with zero attached hydrogens (tertiary/aromatic N) is 12. The highest BCUT2D eigenvalue weighted by molar-refractivity contribution is 9.10. The Kier molecular flexibility index (Phi) is 17.5. The maximum Gasteiger partial charge on any atom is 0.302 e. The zero-order valence-electron chi connectivity index (χ0n) is 36.8. The molecule has 0 aromatic carbocycles. The topological polar surface area (TPSA) is 212 Å². The van der Waals surface area contributed by atoms with E-state index in [1.165, 1.54) is 66.2 Å². The van der Waals surface area contributed by atoms with Gasteiger partial charge in [-0.2, -0.15) is 5.26 Å². The van der Waals surface area contributed by atoms with Gasteiger partial charge in [0.2, 0.25) is 0 Å². The second-order valence-electron chi connectivity index (χ2n) is 15.7. The first-order valence-electron chi connectivity index (χ1n) is 20.6. The highest BCUT2D eigenvalue weighted by Crippen LogP contribution is 2.47. The number of carbonyl (C=O) groups excluding carboxylic acids is 2. The van der Waals surface area contributed by atoms with E-state index in [1.54, 1.807) is 23.0 Å². The number of thiazole rings is 2. The molecule has 18 nitrogen and oxygen atoms in total. The average molecular weight is 1120 g/mol. The van der Waals surface area contributed by atoms with Crippen molar-refractivity contribution in [3.05, 3.63) is 84.6 Å². The van der Waals surface area contributed by atoms with E-state index < -0.39 is 6.10 Å². The van der Waals surface area contributed by atoms with Crippen LogP contribution in [0.25, 0.3) is 26.2 Å². The quantitative estimate of drug-likeness (QED) is 0.0823. The number of aromatic nitrogens is 10. The SMILES string of the molecule is CC(=O)OCC1O[C@H](Sc2cnc(C#N)c(Br)c2)C(C)[C@@H](n2cc(-c3nc(Cl)cs3)nn2)[C@H]1C.[C-]#[N+]c1ncc(Cl)cc1S[C@H]1OC(COC(C)=O)[C@H](C)[C@H](n2cc(-c3nc(Cl)cs3)nn2)C1C. The summed E-state index contributed by atoms with van der Waals surface area (Å²) in [4.78, 5) is 44.8. The second kappa shape index (κ2) is 23.1. The third kappa shape index (κ3) is 12.4. The van der Waals surface area contributed by atoms with Crippen LogP contribution in [0.2, 0.25) is 15.3 Å². The third-order valence-electron chi connectivity index (χ3n) is 11.1. The molecule has 2 saturated heterocycles. The Balaban J connectivity index is 0.000000201. The van der Waals surface area contributed by atoms with Crippen LogP contribution in [0, 0.1) is 41.6 Å². The van der Waals surface area contributed by atoms with Gasteiger partial charge in [-0.25, -0.2) is 24.3 Å². The Labute approximate surface area is 430 Å². The van der Waals surface area contributed by atoms with Crippen LogP contribution in [0.3, 0.4) is 0 Å². The Morgan fingerprint density at radius 1 is 0.824 bits per heavy atom. The Morgan fingerprint density at radius 2 is 1.34 bits per heavy atom. The summed E-state index contributed by atoms with van der Waals surface area (Å²) in [7, 11) is 0. The number of halogens is 4. The molecular formula is C42H40BrCl3N12O6S4. The number of rotatable bonds is 12. The summed E-state index contributed by atoms with van der Waals surface area (Å²) < 4.78 is 27.6. The number of esters is 2. The van der Waals surface area contributed by atoms with E-state index in [4.69, 9.17) is 65.6 Å². The highest BCUT2D eigenvalue weighted by Gasteiger charge is 2.46.